The number of rotatable bonds is 5. The topological polar surface area (TPSA) is 92.4 Å². The molecule has 21 heavy (non-hydrogen) atoms. The average Bonchev–Trinajstić information content (AvgIpc) is 2.53. The fourth-order valence-corrected chi connectivity index (χ4v) is 2.87. The zero-order valence-corrected chi connectivity index (χ0v) is 12.0. The molecule has 5 nitrogen and oxygen atoms in total. The maximum absolute atomic E-state index is 12.1. The van der Waals surface area contributed by atoms with Gasteiger partial charge >= 0.3 is 5.97 Å². The highest BCUT2D eigenvalue weighted by atomic mass is 16.4. The molecule has 0 heterocycles. The quantitative estimate of drug-likeness (QED) is 0.771. The molecule has 1 aliphatic rings. The van der Waals surface area contributed by atoms with Crippen LogP contribution in [0.25, 0.3) is 0 Å². The second-order valence-electron chi connectivity index (χ2n) is 5.75. The molecule has 1 aliphatic carbocycles. The van der Waals surface area contributed by atoms with Crippen LogP contribution in [-0.4, -0.2) is 23.5 Å². The number of carbonyl (C=O) groups is 2. The molecule has 1 fully saturated rings. The molecular formula is C16H22N2O3. The van der Waals surface area contributed by atoms with Gasteiger partial charge in [-0.05, 0) is 18.4 Å². The summed E-state index contributed by atoms with van der Waals surface area (Å²) in [4.78, 5) is 23.7. The normalized spacial score (nSPS) is 18.7. The Morgan fingerprint density at radius 1 is 1.19 bits per heavy atom. The first-order valence-corrected chi connectivity index (χ1v) is 7.37. The summed E-state index contributed by atoms with van der Waals surface area (Å²) >= 11 is 0. The summed E-state index contributed by atoms with van der Waals surface area (Å²) in [6, 6.07) is 8.32. The van der Waals surface area contributed by atoms with E-state index < -0.39 is 17.4 Å². The van der Waals surface area contributed by atoms with Crippen molar-refractivity contribution < 1.29 is 14.7 Å². The fourth-order valence-electron chi connectivity index (χ4n) is 2.87. The molecule has 0 radical (unpaired) electrons. The highest BCUT2D eigenvalue weighted by Crippen LogP contribution is 2.36. The van der Waals surface area contributed by atoms with Gasteiger partial charge in [0.15, 0.2) is 0 Å². The zero-order chi connectivity index (χ0) is 15.3. The Labute approximate surface area is 124 Å². The van der Waals surface area contributed by atoms with E-state index in [9.17, 15) is 14.7 Å². The lowest BCUT2D eigenvalue weighted by atomic mass is 9.74. The smallest absolute Gasteiger partial charge is 0.311 e. The van der Waals surface area contributed by atoms with E-state index in [1.165, 1.54) is 0 Å². The standard InChI is InChI=1S/C16H22N2O3/c17-13(12-7-3-1-4-8-12)14(19)18-11-16(15(20)21)9-5-2-6-10-16/h1,3-4,7-8,13H,2,5-6,9-11,17H2,(H,18,19)(H,20,21)/t13-/m1/s1. The maximum atomic E-state index is 12.1. The number of nitrogens with one attached hydrogen (secondary N) is 1. The minimum Gasteiger partial charge on any atom is -0.481 e. The molecule has 2 rings (SSSR count). The molecule has 0 saturated heterocycles. The van der Waals surface area contributed by atoms with Gasteiger partial charge in [-0.25, -0.2) is 0 Å². The summed E-state index contributed by atoms with van der Waals surface area (Å²) in [7, 11) is 0. The highest BCUT2D eigenvalue weighted by molar-refractivity contribution is 5.84. The molecule has 5 heteroatoms. The van der Waals surface area contributed by atoms with E-state index in [1.54, 1.807) is 12.1 Å². The maximum Gasteiger partial charge on any atom is 0.311 e. The van der Waals surface area contributed by atoms with Crippen LogP contribution in [0.5, 0.6) is 0 Å². The average molecular weight is 290 g/mol. The van der Waals surface area contributed by atoms with Crippen LogP contribution in [0.1, 0.15) is 43.7 Å². The Hall–Kier alpha value is -1.88. The van der Waals surface area contributed by atoms with Crippen LogP contribution < -0.4 is 11.1 Å². The van der Waals surface area contributed by atoms with E-state index in [4.69, 9.17) is 5.73 Å². The van der Waals surface area contributed by atoms with Gasteiger partial charge < -0.3 is 16.2 Å². The number of amides is 1. The highest BCUT2D eigenvalue weighted by Gasteiger charge is 2.40. The molecule has 1 amide bonds. The number of nitrogens with two attached hydrogens (primary N) is 1. The van der Waals surface area contributed by atoms with E-state index in [-0.39, 0.29) is 12.5 Å². The number of aliphatic carboxylic acids is 1. The predicted octanol–water partition coefficient (Wildman–Crippen LogP) is 1.84. The Kier molecular flexibility index (Phi) is 4.96. The summed E-state index contributed by atoms with van der Waals surface area (Å²) in [6.07, 6.45) is 4.08. The third-order valence-corrected chi connectivity index (χ3v) is 4.31. The van der Waals surface area contributed by atoms with Crippen molar-refractivity contribution in [1.82, 2.24) is 5.32 Å². The molecule has 4 N–H and O–H groups in total. The SMILES string of the molecule is N[C@@H](C(=O)NCC1(C(=O)O)CCCCC1)c1ccccc1. The molecular weight excluding hydrogens is 268 g/mol. The molecule has 0 bridgehead atoms. The third-order valence-electron chi connectivity index (χ3n) is 4.31. The van der Waals surface area contributed by atoms with Crippen LogP contribution in [-0.2, 0) is 9.59 Å². The second-order valence-corrected chi connectivity index (χ2v) is 5.75. The summed E-state index contributed by atoms with van der Waals surface area (Å²) in [5, 5.41) is 12.2. The Morgan fingerprint density at radius 3 is 2.38 bits per heavy atom. The zero-order valence-electron chi connectivity index (χ0n) is 12.0. The van der Waals surface area contributed by atoms with Crippen LogP contribution in [0.2, 0.25) is 0 Å². The van der Waals surface area contributed by atoms with Crippen molar-refractivity contribution in [3.05, 3.63) is 35.9 Å². The number of carboxylic acid groups (broad SMARTS) is 1. The van der Waals surface area contributed by atoms with Crippen molar-refractivity contribution in [2.75, 3.05) is 6.54 Å². The fraction of sp³-hybridized carbons (Fsp3) is 0.500. The Morgan fingerprint density at radius 2 is 1.81 bits per heavy atom. The first-order chi connectivity index (χ1) is 10.1. The minimum atomic E-state index is -0.829. The molecule has 1 atom stereocenters. The number of benzene rings is 1. The summed E-state index contributed by atoms with van der Waals surface area (Å²) < 4.78 is 0. The molecule has 0 spiro atoms. The van der Waals surface area contributed by atoms with E-state index >= 15 is 0 Å². The monoisotopic (exact) mass is 290 g/mol. The van der Waals surface area contributed by atoms with Gasteiger partial charge in [-0.1, -0.05) is 49.6 Å². The van der Waals surface area contributed by atoms with Crippen LogP contribution in [0.15, 0.2) is 30.3 Å². The second kappa shape index (κ2) is 6.72. The van der Waals surface area contributed by atoms with Gasteiger partial charge in [0.25, 0.3) is 0 Å². The third kappa shape index (κ3) is 3.61. The van der Waals surface area contributed by atoms with Gasteiger partial charge in [0.05, 0.1) is 5.41 Å². The molecule has 1 aromatic carbocycles. The molecule has 0 unspecified atom stereocenters. The summed E-state index contributed by atoms with van der Waals surface area (Å²) in [5.41, 5.74) is 5.81. The molecule has 1 aromatic rings. The van der Waals surface area contributed by atoms with Crippen molar-refractivity contribution in [3.63, 3.8) is 0 Å². The first kappa shape index (κ1) is 15.5. The minimum absolute atomic E-state index is 0.154. The van der Waals surface area contributed by atoms with Crippen LogP contribution >= 0.6 is 0 Å². The van der Waals surface area contributed by atoms with Gasteiger partial charge in [0, 0.05) is 6.54 Å². The summed E-state index contributed by atoms with van der Waals surface area (Å²) in [6.45, 7) is 0.154. The van der Waals surface area contributed by atoms with E-state index in [2.05, 4.69) is 5.32 Å². The number of hydrogen-bond acceptors (Lipinski definition) is 3. The molecule has 0 aliphatic heterocycles. The predicted molar refractivity (Wildman–Crippen MR) is 79.5 cm³/mol. The summed E-state index contributed by atoms with van der Waals surface area (Å²) in [5.74, 6) is -1.15. The van der Waals surface area contributed by atoms with Crippen molar-refractivity contribution in [2.24, 2.45) is 11.1 Å². The van der Waals surface area contributed by atoms with Gasteiger partial charge in [0.1, 0.15) is 6.04 Å². The lowest BCUT2D eigenvalue weighted by Gasteiger charge is -2.33. The van der Waals surface area contributed by atoms with E-state index in [0.717, 1.165) is 24.8 Å². The van der Waals surface area contributed by atoms with Crippen molar-refractivity contribution in [1.29, 1.82) is 0 Å². The van der Waals surface area contributed by atoms with Gasteiger partial charge in [-0.2, -0.15) is 0 Å². The Balaban J connectivity index is 1.97. The lowest BCUT2D eigenvalue weighted by Crippen LogP contribution is -2.46. The Bertz CT molecular complexity index is 496. The van der Waals surface area contributed by atoms with Gasteiger partial charge in [0.2, 0.25) is 5.91 Å². The van der Waals surface area contributed by atoms with Gasteiger partial charge in [-0.3, -0.25) is 9.59 Å². The van der Waals surface area contributed by atoms with E-state index in [0.29, 0.717) is 12.8 Å². The first-order valence-electron chi connectivity index (χ1n) is 7.37. The molecule has 0 aromatic heterocycles. The largest absolute Gasteiger partial charge is 0.481 e. The number of carbonyl (C=O) groups excluding carboxylic acids is 1. The van der Waals surface area contributed by atoms with Crippen molar-refractivity contribution in [2.45, 2.75) is 38.1 Å². The van der Waals surface area contributed by atoms with Crippen molar-refractivity contribution in [3.8, 4) is 0 Å². The molecule has 1 saturated carbocycles. The van der Waals surface area contributed by atoms with E-state index in [1.807, 2.05) is 18.2 Å². The van der Waals surface area contributed by atoms with Crippen LogP contribution in [0.3, 0.4) is 0 Å². The number of hydrogen-bond donors (Lipinski definition) is 3. The van der Waals surface area contributed by atoms with Crippen LogP contribution in [0, 0.1) is 5.41 Å². The van der Waals surface area contributed by atoms with Gasteiger partial charge in [-0.15, -0.1) is 0 Å². The van der Waals surface area contributed by atoms with Crippen molar-refractivity contribution >= 4 is 11.9 Å². The van der Waals surface area contributed by atoms with Crippen LogP contribution in [0.4, 0.5) is 0 Å². The lowest BCUT2D eigenvalue weighted by molar-refractivity contribution is -0.151. The molecule has 114 valence electrons. The number of carboxylic acids is 1.